The van der Waals surface area contributed by atoms with Gasteiger partial charge >= 0.3 is 6.11 Å². The first-order valence-electron chi connectivity index (χ1n) is 4.61. The second-order valence-corrected chi connectivity index (χ2v) is 2.73. The summed E-state index contributed by atoms with van der Waals surface area (Å²) >= 11 is 0. The first-order valence-corrected chi connectivity index (χ1v) is 4.61. The molecule has 1 aromatic rings. The maximum absolute atomic E-state index is 12.3. The van der Waals surface area contributed by atoms with Crippen molar-refractivity contribution in [1.82, 2.24) is 0 Å². The van der Waals surface area contributed by atoms with E-state index in [4.69, 9.17) is 0 Å². The Kier molecular flexibility index (Phi) is 5.13. The van der Waals surface area contributed by atoms with Gasteiger partial charge in [-0.2, -0.15) is 8.78 Å². The standard InChI is InChI=1S/C9H10F2O.C2H6/c1-7-4-3-5-8(6-7)12-9(2,10)11;1-2/h3-6H,1-2H3;1-2H3. The lowest BCUT2D eigenvalue weighted by molar-refractivity contribution is -0.158. The summed E-state index contributed by atoms with van der Waals surface area (Å²) in [5.74, 6) is 0.197. The molecule has 1 aromatic carbocycles. The molecular weight excluding hydrogens is 186 g/mol. The van der Waals surface area contributed by atoms with E-state index in [2.05, 4.69) is 4.74 Å². The predicted octanol–water partition coefficient (Wildman–Crippen LogP) is 4.01. The minimum atomic E-state index is -3.10. The highest BCUT2D eigenvalue weighted by molar-refractivity contribution is 5.27. The van der Waals surface area contributed by atoms with Crippen molar-refractivity contribution in [3.05, 3.63) is 29.8 Å². The van der Waals surface area contributed by atoms with Crippen LogP contribution < -0.4 is 4.74 Å². The molecule has 1 nitrogen and oxygen atoms in total. The number of halogens is 2. The molecule has 0 saturated heterocycles. The maximum atomic E-state index is 12.3. The Labute approximate surface area is 83.7 Å². The Morgan fingerprint density at radius 2 is 1.79 bits per heavy atom. The van der Waals surface area contributed by atoms with Crippen LogP contribution in [-0.4, -0.2) is 6.11 Å². The van der Waals surface area contributed by atoms with Gasteiger partial charge in [0.1, 0.15) is 5.75 Å². The Balaban J connectivity index is 0.000000791. The van der Waals surface area contributed by atoms with Crippen molar-refractivity contribution in [2.24, 2.45) is 0 Å². The van der Waals surface area contributed by atoms with Gasteiger partial charge in [-0.25, -0.2) is 0 Å². The highest BCUT2D eigenvalue weighted by atomic mass is 19.3. The van der Waals surface area contributed by atoms with Gasteiger partial charge in [0.05, 0.1) is 0 Å². The van der Waals surface area contributed by atoms with E-state index in [9.17, 15) is 8.78 Å². The third kappa shape index (κ3) is 5.51. The van der Waals surface area contributed by atoms with Gasteiger partial charge < -0.3 is 4.74 Å². The molecule has 0 heterocycles. The molecule has 80 valence electrons. The molecule has 0 unspecified atom stereocenters. The van der Waals surface area contributed by atoms with Gasteiger partial charge in [0, 0.05) is 6.92 Å². The lowest BCUT2D eigenvalue weighted by Gasteiger charge is -2.12. The fraction of sp³-hybridized carbons (Fsp3) is 0.455. The van der Waals surface area contributed by atoms with Crippen molar-refractivity contribution in [3.8, 4) is 5.75 Å². The zero-order valence-electron chi connectivity index (χ0n) is 8.97. The lowest BCUT2D eigenvalue weighted by atomic mass is 10.2. The third-order valence-corrected chi connectivity index (χ3v) is 1.29. The Hall–Kier alpha value is -1.12. The van der Waals surface area contributed by atoms with E-state index in [0.717, 1.165) is 12.5 Å². The van der Waals surface area contributed by atoms with Gasteiger partial charge in [0.25, 0.3) is 0 Å². The highest BCUT2D eigenvalue weighted by Gasteiger charge is 2.22. The van der Waals surface area contributed by atoms with E-state index in [1.807, 2.05) is 26.8 Å². The van der Waals surface area contributed by atoms with Crippen molar-refractivity contribution in [3.63, 3.8) is 0 Å². The van der Waals surface area contributed by atoms with Gasteiger partial charge in [-0.3, -0.25) is 0 Å². The molecule has 0 aliphatic heterocycles. The minimum Gasteiger partial charge on any atom is -0.433 e. The van der Waals surface area contributed by atoms with Crippen LogP contribution in [-0.2, 0) is 0 Å². The van der Waals surface area contributed by atoms with Crippen molar-refractivity contribution in [1.29, 1.82) is 0 Å². The molecule has 3 heteroatoms. The Morgan fingerprint density at radius 1 is 1.21 bits per heavy atom. The van der Waals surface area contributed by atoms with Crippen LogP contribution in [0.3, 0.4) is 0 Å². The number of hydrogen-bond acceptors (Lipinski definition) is 1. The molecule has 0 bridgehead atoms. The second kappa shape index (κ2) is 5.58. The molecule has 0 aliphatic carbocycles. The maximum Gasteiger partial charge on any atom is 0.394 e. The predicted molar refractivity (Wildman–Crippen MR) is 53.8 cm³/mol. The Morgan fingerprint density at radius 3 is 2.21 bits per heavy atom. The van der Waals surface area contributed by atoms with Crippen LogP contribution in [0.5, 0.6) is 5.75 Å². The fourth-order valence-electron chi connectivity index (χ4n) is 0.886. The molecule has 0 aromatic heterocycles. The van der Waals surface area contributed by atoms with E-state index < -0.39 is 6.11 Å². The SMILES string of the molecule is CC.Cc1cccc(OC(C)(F)F)c1. The molecule has 0 spiro atoms. The van der Waals surface area contributed by atoms with Crippen LogP contribution in [0, 0.1) is 6.92 Å². The van der Waals surface area contributed by atoms with Gasteiger partial charge in [-0.15, -0.1) is 0 Å². The second-order valence-electron chi connectivity index (χ2n) is 2.73. The topological polar surface area (TPSA) is 9.23 Å². The van der Waals surface area contributed by atoms with E-state index >= 15 is 0 Å². The Bertz CT molecular complexity index is 266. The molecular formula is C11H16F2O. The monoisotopic (exact) mass is 202 g/mol. The van der Waals surface area contributed by atoms with Crippen molar-refractivity contribution >= 4 is 0 Å². The molecule has 0 aliphatic rings. The van der Waals surface area contributed by atoms with E-state index in [-0.39, 0.29) is 5.75 Å². The average molecular weight is 202 g/mol. The quantitative estimate of drug-likeness (QED) is 0.704. The van der Waals surface area contributed by atoms with Gasteiger partial charge in [-0.05, 0) is 24.6 Å². The highest BCUT2D eigenvalue weighted by Crippen LogP contribution is 2.21. The number of alkyl halides is 2. The average Bonchev–Trinajstić information content (AvgIpc) is 2.04. The molecule has 0 amide bonds. The first-order chi connectivity index (χ1) is 6.47. The third-order valence-electron chi connectivity index (χ3n) is 1.29. The van der Waals surface area contributed by atoms with Crippen LogP contribution >= 0.6 is 0 Å². The van der Waals surface area contributed by atoms with Crippen LogP contribution in [0.1, 0.15) is 26.3 Å². The van der Waals surface area contributed by atoms with E-state index in [1.165, 1.54) is 6.07 Å². The number of ether oxygens (including phenoxy) is 1. The van der Waals surface area contributed by atoms with Gasteiger partial charge in [-0.1, -0.05) is 26.0 Å². The lowest BCUT2D eigenvalue weighted by Crippen LogP contribution is -2.18. The van der Waals surface area contributed by atoms with Crippen LogP contribution in [0.2, 0.25) is 0 Å². The van der Waals surface area contributed by atoms with Gasteiger partial charge in [0.15, 0.2) is 0 Å². The molecule has 0 saturated carbocycles. The summed E-state index contributed by atoms with van der Waals surface area (Å²) < 4.78 is 29.0. The summed E-state index contributed by atoms with van der Waals surface area (Å²) in [5.41, 5.74) is 0.900. The summed E-state index contributed by atoms with van der Waals surface area (Å²) in [6.07, 6.45) is -3.10. The van der Waals surface area contributed by atoms with Crippen molar-refractivity contribution < 1.29 is 13.5 Å². The smallest absolute Gasteiger partial charge is 0.394 e. The number of rotatable bonds is 2. The van der Waals surface area contributed by atoms with Crippen LogP contribution in [0.4, 0.5) is 8.78 Å². The van der Waals surface area contributed by atoms with Crippen LogP contribution in [0.25, 0.3) is 0 Å². The summed E-state index contributed by atoms with van der Waals surface area (Å²) in [5, 5.41) is 0. The molecule has 1 rings (SSSR count). The number of hydrogen-bond donors (Lipinski definition) is 0. The van der Waals surface area contributed by atoms with Crippen molar-refractivity contribution in [2.45, 2.75) is 33.8 Å². The number of benzene rings is 1. The largest absolute Gasteiger partial charge is 0.433 e. The minimum absolute atomic E-state index is 0.197. The summed E-state index contributed by atoms with van der Waals surface area (Å²) in [6.45, 7) is 6.54. The van der Waals surface area contributed by atoms with E-state index in [0.29, 0.717) is 0 Å². The summed E-state index contributed by atoms with van der Waals surface area (Å²) in [4.78, 5) is 0. The molecule has 0 atom stereocenters. The summed E-state index contributed by atoms with van der Waals surface area (Å²) in [6, 6.07) is 6.57. The molecule has 14 heavy (non-hydrogen) atoms. The van der Waals surface area contributed by atoms with E-state index in [1.54, 1.807) is 12.1 Å². The molecule has 0 N–H and O–H groups in total. The zero-order valence-corrected chi connectivity index (χ0v) is 8.97. The zero-order chi connectivity index (χ0) is 11.2. The first kappa shape index (κ1) is 12.9. The van der Waals surface area contributed by atoms with Crippen molar-refractivity contribution in [2.75, 3.05) is 0 Å². The number of aryl methyl sites for hydroxylation is 1. The fourth-order valence-corrected chi connectivity index (χ4v) is 0.886. The molecule has 0 fully saturated rings. The molecule has 0 radical (unpaired) electrons. The van der Waals surface area contributed by atoms with Gasteiger partial charge in [0.2, 0.25) is 0 Å². The van der Waals surface area contributed by atoms with Crippen LogP contribution in [0.15, 0.2) is 24.3 Å². The summed E-state index contributed by atoms with van der Waals surface area (Å²) in [7, 11) is 0. The normalized spacial score (nSPS) is 10.1.